The average molecular weight is 613 g/mol. The summed E-state index contributed by atoms with van der Waals surface area (Å²) in [6.07, 6.45) is -1.99. The van der Waals surface area contributed by atoms with E-state index in [1.54, 1.807) is 20.1 Å². The molecule has 1 amide bonds. The molecule has 0 atom stereocenters. The number of thiophene rings is 1. The second-order valence-corrected chi connectivity index (χ2v) is 12.3. The Morgan fingerprint density at radius 1 is 1.40 bits per heavy atom. The number of nitrogens with one attached hydrogen (secondary N) is 1. The highest BCUT2D eigenvalue weighted by atomic mass is 127. The number of amides is 1. The molecule has 0 spiro atoms. The van der Waals surface area contributed by atoms with E-state index in [1.807, 2.05) is 22.6 Å². The van der Waals surface area contributed by atoms with Gasteiger partial charge in [0.2, 0.25) is 0 Å². The Balaban J connectivity index is 2.16. The molecule has 0 aliphatic rings. The van der Waals surface area contributed by atoms with Crippen LogP contribution in [0.3, 0.4) is 0 Å². The van der Waals surface area contributed by atoms with E-state index in [4.69, 9.17) is 11.6 Å². The maximum absolute atomic E-state index is 12.7. The van der Waals surface area contributed by atoms with Crippen molar-refractivity contribution in [3.8, 4) is 0 Å². The lowest BCUT2D eigenvalue weighted by Gasteiger charge is -2.10. The van der Waals surface area contributed by atoms with Crippen LogP contribution < -0.4 is 5.32 Å². The number of carbonyl (C=O) groups excluding carboxylic acids is 1. The molecule has 2 aromatic rings. The van der Waals surface area contributed by atoms with Crippen LogP contribution in [0.1, 0.15) is 34.8 Å². The standard InChI is InChI=1S/C17H17ClF3IN2O3S3/c1-8(2)30(26,27)14-12(22)13(29-16(14)28-3)15(25)23-5-4-11-10(18)6-9(7-24-11)17(19,20)21/h6-8H,4-5H2,1-3H3,(H,23,25). The third-order valence-corrected chi connectivity index (χ3v) is 10.9. The first-order valence-corrected chi connectivity index (χ1v) is 13.4. The number of hydrogen-bond donors (Lipinski definition) is 1. The van der Waals surface area contributed by atoms with Crippen molar-refractivity contribution in [3.63, 3.8) is 0 Å². The van der Waals surface area contributed by atoms with Gasteiger partial charge in [-0.15, -0.1) is 23.1 Å². The first-order chi connectivity index (χ1) is 13.8. The van der Waals surface area contributed by atoms with Crippen molar-refractivity contribution in [2.24, 2.45) is 0 Å². The summed E-state index contributed by atoms with van der Waals surface area (Å²) in [5.74, 6) is -0.465. The molecule has 5 nitrogen and oxygen atoms in total. The van der Waals surface area contributed by atoms with Gasteiger partial charge in [-0.1, -0.05) is 11.6 Å². The summed E-state index contributed by atoms with van der Waals surface area (Å²) in [6.45, 7) is 3.23. The molecule has 0 saturated carbocycles. The molecule has 1 N–H and O–H groups in total. The molecular formula is C17H17ClF3IN2O3S3. The molecular weight excluding hydrogens is 596 g/mol. The van der Waals surface area contributed by atoms with Gasteiger partial charge in [0.25, 0.3) is 5.91 Å². The molecule has 0 aliphatic heterocycles. The van der Waals surface area contributed by atoms with Gasteiger partial charge in [0, 0.05) is 19.2 Å². The predicted molar refractivity (Wildman–Crippen MR) is 121 cm³/mol. The molecule has 2 rings (SSSR count). The Hall–Kier alpha value is -0.570. The maximum atomic E-state index is 12.7. The largest absolute Gasteiger partial charge is 0.417 e. The number of nitrogens with zero attached hydrogens (tertiary/aromatic N) is 1. The molecule has 13 heteroatoms. The van der Waals surface area contributed by atoms with E-state index in [-0.39, 0.29) is 33.5 Å². The Morgan fingerprint density at radius 2 is 2.03 bits per heavy atom. The van der Waals surface area contributed by atoms with E-state index in [1.165, 1.54) is 11.8 Å². The van der Waals surface area contributed by atoms with Crippen LogP contribution in [0.5, 0.6) is 0 Å². The van der Waals surface area contributed by atoms with Crippen molar-refractivity contribution in [1.82, 2.24) is 10.3 Å². The molecule has 2 aromatic heterocycles. The van der Waals surface area contributed by atoms with Gasteiger partial charge in [-0.25, -0.2) is 8.42 Å². The molecule has 0 unspecified atom stereocenters. The minimum atomic E-state index is -4.54. The summed E-state index contributed by atoms with van der Waals surface area (Å²) >= 11 is 10.1. The summed E-state index contributed by atoms with van der Waals surface area (Å²) in [7, 11) is -3.57. The van der Waals surface area contributed by atoms with Crippen LogP contribution >= 0.6 is 57.3 Å². The Labute approximate surface area is 199 Å². The zero-order valence-electron chi connectivity index (χ0n) is 15.9. The van der Waals surface area contributed by atoms with Crippen molar-refractivity contribution in [2.75, 3.05) is 12.8 Å². The topological polar surface area (TPSA) is 76.1 Å². The lowest BCUT2D eigenvalue weighted by atomic mass is 10.2. The minimum Gasteiger partial charge on any atom is -0.351 e. The van der Waals surface area contributed by atoms with Gasteiger partial charge in [0.15, 0.2) is 9.84 Å². The van der Waals surface area contributed by atoms with Crippen molar-refractivity contribution in [2.45, 2.75) is 40.8 Å². The number of aromatic nitrogens is 1. The molecule has 0 aliphatic carbocycles. The third kappa shape index (κ3) is 5.61. The van der Waals surface area contributed by atoms with Gasteiger partial charge >= 0.3 is 6.18 Å². The Morgan fingerprint density at radius 3 is 2.53 bits per heavy atom. The highest BCUT2D eigenvalue weighted by Gasteiger charge is 2.32. The molecule has 0 radical (unpaired) electrons. The zero-order valence-corrected chi connectivity index (χ0v) is 21.3. The van der Waals surface area contributed by atoms with Crippen molar-refractivity contribution < 1.29 is 26.4 Å². The lowest BCUT2D eigenvalue weighted by molar-refractivity contribution is -0.137. The van der Waals surface area contributed by atoms with Gasteiger partial charge in [0.1, 0.15) is 9.77 Å². The number of sulfone groups is 1. The van der Waals surface area contributed by atoms with E-state index >= 15 is 0 Å². The summed E-state index contributed by atoms with van der Waals surface area (Å²) in [5.41, 5.74) is -0.726. The monoisotopic (exact) mass is 612 g/mol. The number of halogens is 5. The summed E-state index contributed by atoms with van der Waals surface area (Å²) in [5, 5.41) is 1.88. The first kappa shape index (κ1) is 25.7. The van der Waals surface area contributed by atoms with Crippen LogP contribution in [0, 0.1) is 3.57 Å². The fraction of sp³-hybridized carbons (Fsp3) is 0.412. The molecule has 166 valence electrons. The number of pyridine rings is 1. The van der Waals surface area contributed by atoms with Crippen molar-refractivity contribution >= 4 is 73.0 Å². The number of carbonyl (C=O) groups is 1. The van der Waals surface area contributed by atoms with E-state index < -0.39 is 32.7 Å². The van der Waals surface area contributed by atoms with Crippen molar-refractivity contribution in [1.29, 1.82) is 0 Å². The summed E-state index contributed by atoms with van der Waals surface area (Å²) in [4.78, 5) is 16.8. The molecule has 2 heterocycles. The SMILES string of the molecule is CSc1sc(C(=O)NCCc2ncc(C(F)(F)F)cc2Cl)c(I)c1S(=O)(=O)C(C)C. The van der Waals surface area contributed by atoms with Gasteiger partial charge in [-0.05, 0) is 48.8 Å². The normalized spacial score (nSPS) is 12.4. The van der Waals surface area contributed by atoms with Crippen LogP contribution in [-0.4, -0.2) is 37.4 Å². The van der Waals surface area contributed by atoms with Crippen molar-refractivity contribution in [3.05, 3.63) is 37.0 Å². The number of alkyl halides is 3. The van der Waals surface area contributed by atoms with Gasteiger partial charge < -0.3 is 5.32 Å². The summed E-state index contributed by atoms with van der Waals surface area (Å²) < 4.78 is 64.2. The van der Waals surface area contributed by atoms with E-state index in [9.17, 15) is 26.4 Å². The minimum absolute atomic E-state index is 0.0752. The Bertz CT molecular complexity index is 1060. The Kier molecular flexibility index (Phi) is 8.50. The van der Waals surface area contributed by atoms with E-state index in [0.29, 0.717) is 14.0 Å². The molecule has 30 heavy (non-hydrogen) atoms. The summed E-state index contributed by atoms with van der Waals surface area (Å²) in [6, 6.07) is 0.793. The van der Waals surface area contributed by atoms with Gasteiger partial charge in [0.05, 0.1) is 29.3 Å². The fourth-order valence-electron chi connectivity index (χ4n) is 2.31. The van der Waals surface area contributed by atoms with E-state index in [2.05, 4.69) is 10.3 Å². The average Bonchev–Trinajstić information content (AvgIpc) is 2.99. The number of thioether (sulfide) groups is 1. The maximum Gasteiger partial charge on any atom is 0.417 e. The molecule has 0 saturated heterocycles. The van der Waals surface area contributed by atoms with Crippen LogP contribution in [0.15, 0.2) is 21.4 Å². The van der Waals surface area contributed by atoms with Crippen LogP contribution in [0.25, 0.3) is 0 Å². The quantitative estimate of drug-likeness (QED) is 0.340. The fourth-order valence-corrected chi connectivity index (χ4v) is 8.51. The number of rotatable bonds is 7. The zero-order chi connectivity index (χ0) is 22.9. The smallest absolute Gasteiger partial charge is 0.351 e. The first-order valence-electron chi connectivity index (χ1n) is 8.40. The second-order valence-electron chi connectivity index (χ2n) is 6.32. The van der Waals surface area contributed by atoms with Crippen LogP contribution in [0.4, 0.5) is 13.2 Å². The van der Waals surface area contributed by atoms with Gasteiger partial charge in [-0.2, -0.15) is 13.2 Å². The van der Waals surface area contributed by atoms with E-state index in [0.717, 1.165) is 17.4 Å². The molecule has 0 bridgehead atoms. The van der Waals surface area contributed by atoms with Crippen LogP contribution in [0.2, 0.25) is 5.02 Å². The third-order valence-electron chi connectivity index (χ3n) is 3.97. The lowest BCUT2D eigenvalue weighted by Crippen LogP contribution is -2.26. The number of hydrogen-bond acceptors (Lipinski definition) is 6. The van der Waals surface area contributed by atoms with Gasteiger partial charge in [-0.3, -0.25) is 9.78 Å². The predicted octanol–water partition coefficient (Wildman–Crippen LogP) is 5.30. The highest BCUT2D eigenvalue weighted by molar-refractivity contribution is 14.1. The molecule has 0 fully saturated rings. The second kappa shape index (κ2) is 9.92. The molecule has 0 aromatic carbocycles. The highest BCUT2D eigenvalue weighted by Crippen LogP contribution is 2.40. The van der Waals surface area contributed by atoms with Crippen LogP contribution in [-0.2, 0) is 22.4 Å².